The first-order chi connectivity index (χ1) is 72.4. The number of aromatic nitrogens is 19. The van der Waals surface area contributed by atoms with Gasteiger partial charge in [-0.3, -0.25) is 19.3 Å². The highest BCUT2D eigenvalue weighted by atomic mass is 16.5. The fraction of sp³-hybridized carbons (Fsp3) is 0.283. The number of nitrogens with zero attached hydrogens (tertiary/aromatic N) is 22. The van der Waals surface area contributed by atoms with Crippen LogP contribution in [0.25, 0.3) is 73.3 Å². The van der Waals surface area contributed by atoms with Gasteiger partial charge in [0, 0.05) is 138 Å². The van der Waals surface area contributed by atoms with Crippen LogP contribution in [0.4, 0.5) is 69.8 Å². The number of pyridine rings is 7. The summed E-state index contributed by atoms with van der Waals surface area (Å²) in [5.74, 6) is 6.54. The molecule has 35 nitrogen and oxygen atoms in total. The Morgan fingerprint density at radius 1 is 0.412 bits per heavy atom. The highest BCUT2D eigenvalue weighted by Gasteiger charge is 2.26. The van der Waals surface area contributed by atoms with E-state index < -0.39 is 0 Å². The molecule has 3 aliphatic heterocycles. The van der Waals surface area contributed by atoms with Gasteiger partial charge in [-0.2, -0.15) is 34.5 Å². The molecular formula is C113H123N29O6. The molecule has 0 unspecified atom stereocenters. The maximum absolute atomic E-state index is 12.6. The summed E-state index contributed by atoms with van der Waals surface area (Å²) in [4.78, 5) is 63.8. The number of likely N-dealkylation sites (tertiary alicyclic amines) is 1. The maximum Gasteiger partial charge on any atom is 0.251 e. The van der Waals surface area contributed by atoms with E-state index in [9.17, 15) is 9.59 Å². The van der Waals surface area contributed by atoms with Crippen molar-refractivity contribution in [3.8, 4) is 56.5 Å². The number of carbonyl (C=O) groups is 2. The second-order valence-electron chi connectivity index (χ2n) is 37.5. The van der Waals surface area contributed by atoms with Crippen molar-refractivity contribution >= 4 is 110 Å². The largest absolute Gasteiger partial charge is 0.497 e. The van der Waals surface area contributed by atoms with Crippen LogP contribution in [0.3, 0.4) is 0 Å². The molecule has 23 rings (SSSR count). The Kier molecular flexibility index (Phi) is 31.8. The predicted molar refractivity (Wildman–Crippen MR) is 581 cm³/mol. The third kappa shape index (κ3) is 25.1. The monoisotopic (exact) mass is 1980 g/mol. The van der Waals surface area contributed by atoms with E-state index in [0.717, 1.165) is 235 Å². The maximum atomic E-state index is 12.6. The van der Waals surface area contributed by atoms with Crippen molar-refractivity contribution in [2.24, 2.45) is 5.92 Å². The Hall–Kier alpha value is -17.1. The summed E-state index contributed by atoms with van der Waals surface area (Å²) in [6.45, 7) is 18.7. The summed E-state index contributed by atoms with van der Waals surface area (Å²) in [6, 6.07) is 87.6. The molecule has 19 aromatic rings. The molecule has 0 radical (unpaired) electrons. The average molecular weight is 1980 g/mol. The third-order valence-electron chi connectivity index (χ3n) is 26.3. The molecule has 1 saturated carbocycles. The van der Waals surface area contributed by atoms with Gasteiger partial charge < -0.3 is 70.9 Å². The fourth-order valence-electron chi connectivity index (χ4n) is 18.4. The molecular weight excluding hydrogens is 1860 g/mol. The number of nitrogens with one attached hydrogen (secondary N) is 7. The number of methoxy groups -OCH3 is 3. The number of fused-ring (bicyclic) bond motifs is 5. The minimum atomic E-state index is -0.0325. The van der Waals surface area contributed by atoms with Gasteiger partial charge in [-0.1, -0.05) is 125 Å². The van der Waals surface area contributed by atoms with Gasteiger partial charge in [-0.15, -0.1) is 25.5 Å². The summed E-state index contributed by atoms with van der Waals surface area (Å²) in [7, 11) is 7.21. The molecule has 756 valence electrons. The van der Waals surface area contributed by atoms with E-state index in [1.165, 1.54) is 30.5 Å². The van der Waals surface area contributed by atoms with E-state index in [4.69, 9.17) is 24.0 Å². The van der Waals surface area contributed by atoms with E-state index in [-0.39, 0.29) is 17.9 Å². The number of carbonyl (C=O) groups excluding carboxylic acids is 2. The van der Waals surface area contributed by atoms with Crippen molar-refractivity contribution < 1.29 is 28.5 Å². The molecule has 13 aromatic heterocycles. The molecule has 7 N–H and O–H groups in total. The average Bonchev–Trinajstić information content (AvgIpc) is 1.65. The summed E-state index contributed by atoms with van der Waals surface area (Å²) in [5.41, 5.74) is 21.1. The van der Waals surface area contributed by atoms with Crippen molar-refractivity contribution in [1.29, 1.82) is 0 Å². The number of morpholine rings is 1. The van der Waals surface area contributed by atoms with E-state index in [1.807, 2.05) is 255 Å². The lowest BCUT2D eigenvalue weighted by molar-refractivity contribution is 0.0817. The zero-order valence-electron chi connectivity index (χ0n) is 84.7. The molecule has 16 heterocycles. The highest BCUT2D eigenvalue weighted by Crippen LogP contribution is 2.33. The van der Waals surface area contributed by atoms with Gasteiger partial charge >= 0.3 is 0 Å². The van der Waals surface area contributed by atoms with Gasteiger partial charge in [-0.25, -0.2) is 23.0 Å². The SMILES string of the molecule is CCc1ccc(-c2cccc3nc(Nc4ccc(N5CCOCC5)cc4)nn23)cc1.COC1CCN(c2cccc3nc(Nc4ccnc(C)c4)nn23)CC1.COc1cccc(-c2cccc3nc(Nc4ccc(C(=O)NC5CCCCC5)cc4)nn23)c1.COc1cccc(-c2cccc3nc(Nc4ccc(C(=O)NC5CCN(C)CC5)cc4)nn23)c1.Cc1cccc(Nc2nc3cccc(-c4cnn(CC(C)C)c4)n3n2)n1. The fourth-order valence-corrected chi connectivity index (χ4v) is 18.4. The van der Waals surface area contributed by atoms with Crippen molar-refractivity contribution in [3.63, 3.8) is 0 Å². The normalized spacial score (nSPS) is 14.1. The van der Waals surface area contributed by atoms with Crippen molar-refractivity contribution in [2.75, 3.05) is 117 Å². The Balaban J connectivity index is 0.000000117. The van der Waals surface area contributed by atoms with Gasteiger partial charge in [0.2, 0.25) is 29.7 Å². The van der Waals surface area contributed by atoms with Crippen molar-refractivity contribution in [1.82, 2.24) is 108 Å². The number of aryl methyl sites for hydroxylation is 3. The number of piperidine rings is 2. The molecule has 2 amide bonds. The minimum absolute atomic E-state index is 0.0118. The molecule has 1 aliphatic carbocycles. The lowest BCUT2D eigenvalue weighted by atomic mass is 9.95. The quantitative estimate of drug-likeness (QED) is 0.0265. The summed E-state index contributed by atoms with van der Waals surface area (Å²) >= 11 is 0. The standard InChI is InChI=1S/C26H28N6O2.C26H27N5O2.C24H25N5O.C19H21N7.C18H22N6O/c1-31-15-13-21(14-16-31)27-25(33)18-9-11-20(12-10-18)28-26-29-24-8-4-7-23(32(24)30-26)19-5-3-6-22(17-19)34-2;1-33-22-10-5-7-19(17-22)23-11-6-12-24-29-26(30-31(23)24)28-21-15-13-18(14-16-21)25(32)27-20-8-3-2-4-9-20;1-2-18-6-8-19(9-7-18)22-4-3-5-23-26-24(27-29(22)23)25-20-10-12-21(13-11-20)28-14-16-30-17-15-28;1-13(2)11-25-12-15(10-20-25)16-7-5-9-18-23-19(24-26(16)18)22-17-8-4-6-14(3)21-17;1-13-12-14(6-9-19-13)20-18-21-16-4-3-5-17(24(16)22-18)23-10-7-15(25-2)8-11-23/h3-12,17,21H,13-16H2,1-2H3,(H,27,33)(H,28,30);5-7,10-17,20H,2-4,8-9H2,1H3,(H,27,32)(H,28,30);3-13H,2,14-17H2,1H3,(H,25,27);4-10,12-13H,11H2,1-3H3,(H,21,22,24);3-6,9,12,15H,7-8,10-11H2,1-2H3,(H,19,20,22). The van der Waals surface area contributed by atoms with Crippen LogP contribution in [0, 0.1) is 19.8 Å². The van der Waals surface area contributed by atoms with Crippen LogP contribution in [0.5, 0.6) is 11.5 Å². The Morgan fingerprint density at radius 2 is 0.865 bits per heavy atom. The highest BCUT2D eigenvalue weighted by molar-refractivity contribution is 5.95. The predicted octanol–water partition coefficient (Wildman–Crippen LogP) is 20.2. The molecule has 4 fully saturated rings. The van der Waals surface area contributed by atoms with Gasteiger partial charge in [0.05, 0.1) is 62.5 Å². The van der Waals surface area contributed by atoms with Gasteiger partial charge in [0.15, 0.2) is 28.2 Å². The number of ether oxygens (including phenoxy) is 4. The Morgan fingerprint density at radius 3 is 1.35 bits per heavy atom. The number of hydrogen-bond donors (Lipinski definition) is 7. The third-order valence-corrected chi connectivity index (χ3v) is 26.3. The zero-order chi connectivity index (χ0) is 102. The molecule has 6 aromatic carbocycles. The summed E-state index contributed by atoms with van der Waals surface area (Å²) in [5, 5.41) is 50.3. The number of hydrogen-bond acceptors (Lipinski definition) is 27. The zero-order valence-corrected chi connectivity index (χ0v) is 84.7. The smallest absolute Gasteiger partial charge is 0.251 e. The first-order valence-corrected chi connectivity index (χ1v) is 50.5. The van der Waals surface area contributed by atoms with E-state index in [2.05, 4.69) is 201 Å². The van der Waals surface area contributed by atoms with Crippen LogP contribution in [0.15, 0.2) is 286 Å². The molecule has 3 saturated heterocycles. The Labute approximate surface area is 858 Å². The van der Waals surface area contributed by atoms with E-state index in [1.54, 1.807) is 32.0 Å². The minimum Gasteiger partial charge on any atom is -0.497 e. The second-order valence-corrected chi connectivity index (χ2v) is 37.5. The molecule has 35 heteroatoms. The number of anilines is 12. The summed E-state index contributed by atoms with van der Waals surface area (Å²) < 4.78 is 32.8. The molecule has 0 bridgehead atoms. The molecule has 0 atom stereocenters. The lowest BCUT2D eigenvalue weighted by Crippen LogP contribution is -2.43. The van der Waals surface area contributed by atoms with Crippen molar-refractivity contribution in [2.45, 2.75) is 124 Å². The lowest BCUT2D eigenvalue weighted by Gasteiger charge is -2.32. The number of benzene rings is 6. The number of rotatable bonds is 26. The van der Waals surface area contributed by atoms with Gasteiger partial charge in [0.1, 0.15) is 23.1 Å². The van der Waals surface area contributed by atoms with Crippen LogP contribution >= 0.6 is 0 Å². The van der Waals surface area contributed by atoms with Crippen LogP contribution in [0.1, 0.15) is 116 Å². The van der Waals surface area contributed by atoms with E-state index >= 15 is 0 Å². The van der Waals surface area contributed by atoms with Crippen LogP contribution < -0.4 is 56.5 Å². The molecule has 4 aliphatic rings. The first-order valence-electron chi connectivity index (χ1n) is 50.5. The Bertz CT molecular complexity index is 7680. The summed E-state index contributed by atoms with van der Waals surface area (Å²) in [6.07, 6.45) is 16.9. The molecule has 148 heavy (non-hydrogen) atoms. The van der Waals surface area contributed by atoms with Crippen molar-refractivity contribution in [3.05, 3.63) is 314 Å². The second kappa shape index (κ2) is 47.2. The van der Waals surface area contributed by atoms with Crippen LogP contribution in [-0.4, -0.2) is 209 Å². The van der Waals surface area contributed by atoms with Gasteiger partial charge in [-0.05, 0) is 272 Å². The van der Waals surface area contributed by atoms with Crippen LogP contribution in [0.2, 0.25) is 0 Å². The van der Waals surface area contributed by atoms with Crippen LogP contribution in [-0.2, 0) is 22.4 Å². The topological polar surface area (TPSA) is 360 Å². The molecule has 0 spiro atoms. The van der Waals surface area contributed by atoms with Gasteiger partial charge in [0.25, 0.3) is 11.8 Å². The number of amides is 2. The first kappa shape index (κ1) is 99.7. The van der Waals surface area contributed by atoms with E-state index in [0.29, 0.717) is 58.9 Å².